The van der Waals surface area contributed by atoms with Gasteiger partial charge in [0.1, 0.15) is 17.4 Å². The molecule has 6 N–H and O–H groups in total. The van der Waals surface area contributed by atoms with E-state index in [-0.39, 0.29) is 17.2 Å². The van der Waals surface area contributed by atoms with Crippen LogP contribution in [0.15, 0.2) is 42.5 Å². The maximum atomic E-state index is 13.2. The van der Waals surface area contributed by atoms with Crippen LogP contribution in [0.2, 0.25) is 0 Å². The lowest BCUT2D eigenvalue weighted by Gasteiger charge is -2.35. The summed E-state index contributed by atoms with van der Waals surface area (Å²) in [7, 11) is 2.93. The Balaban J connectivity index is 1.52. The van der Waals surface area contributed by atoms with Crippen molar-refractivity contribution in [2.24, 2.45) is 5.73 Å². The topological polar surface area (TPSA) is 144 Å². The molecular weight excluding hydrogens is 453 g/mol. The number of ether oxygens (including phenoxy) is 2. The molecule has 10 nitrogen and oxygen atoms in total. The van der Waals surface area contributed by atoms with Gasteiger partial charge >= 0.3 is 0 Å². The molecule has 33 heavy (non-hydrogen) atoms. The van der Waals surface area contributed by atoms with Gasteiger partial charge in [0.15, 0.2) is 11.5 Å². The Morgan fingerprint density at radius 1 is 1.15 bits per heavy atom. The Morgan fingerprint density at radius 2 is 1.91 bits per heavy atom. The summed E-state index contributed by atoms with van der Waals surface area (Å²) >= 11 is 1.09. The van der Waals surface area contributed by atoms with Gasteiger partial charge in [-0.3, -0.25) is 19.7 Å². The Bertz CT molecular complexity index is 1040. The van der Waals surface area contributed by atoms with Gasteiger partial charge in [-0.05, 0) is 36.4 Å². The van der Waals surface area contributed by atoms with Crippen LogP contribution in [0, 0.1) is 5.82 Å². The number of anilines is 1. The second-order valence-electron chi connectivity index (χ2n) is 6.97. The molecule has 3 atom stereocenters. The quantitative estimate of drug-likeness (QED) is 0.372. The molecule has 3 unspecified atom stereocenters. The number of benzene rings is 2. The largest absolute Gasteiger partial charge is 0.493 e. The van der Waals surface area contributed by atoms with E-state index in [9.17, 15) is 18.8 Å². The second-order valence-corrected chi connectivity index (χ2v) is 8.06. The summed E-state index contributed by atoms with van der Waals surface area (Å²) in [4.78, 5) is 37.2. The second kappa shape index (κ2) is 11.0. The van der Waals surface area contributed by atoms with Gasteiger partial charge in [-0.15, -0.1) is 11.8 Å². The van der Waals surface area contributed by atoms with Gasteiger partial charge < -0.3 is 31.2 Å². The molecule has 1 aliphatic heterocycles. The van der Waals surface area contributed by atoms with Crippen molar-refractivity contribution in [3.05, 3.63) is 53.8 Å². The van der Waals surface area contributed by atoms with Crippen LogP contribution in [0.3, 0.4) is 0 Å². The standard InChI is InChI=1S/C21H24FN5O5S/c1-31-14-7-6-11(8-15(14)32-2)19(29)25-17-18(23)26-21(27-20(17)30)33-10-16(28)24-13-5-3-4-12(22)9-13/h3-9,17-18,21,26H,10,23H2,1-2H3,(H,24,28)(H,25,29)(H,27,30). The van der Waals surface area contributed by atoms with E-state index in [1.54, 1.807) is 12.1 Å². The van der Waals surface area contributed by atoms with Crippen LogP contribution in [0.1, 0.15) is 10.4 Å². The molecule has 0 radical (unpaired) electrons. The fourth-order valence-electron chi connectivity index (χ4n) is 3.06. The molecule has 1 heterocycles. The average molecular weight is 478 g/mol. The Labute approximate surface area is 193 Å². The van der Waals surface area contributed by atoms with E-state index in [4.69, 9.17) is 15.2 Å². The number of nitrogens with one attached hydrogen (secondary N) is 4. The van der Waals surface area contributed by atoms with Crippen LogP contribution in [-0.4, -0.2) is 55.4 Å². The SMILES string of the molecule is COc1ccc(C(=O)NC2C(=O)NC(SCC(=O)Nc3cccc(F)c3)NC2N)cc1OC. The minimum Gasteiger partial charge on any atom is -0.493 e. The minimum absolute atomic E-state index is 0.0240. The number of hydrogen-bond donors (Lipinski definition) is 5. The van der Waals surface area contributed by atoms with Gasteiger partial charge in [0.05, 0.1) is 26.1 Å². The zero-order chi connectivity index (χ0) is 24.0. The number of halogens is 1. The molecule has 0 spiro atoms. The number of amides is 3. The molecule has 2 aromatic rings. The molecule has 0 aromatic heterocycles. The summed E-state index contributed by atoms with van der Waals surface area (Å²) in [6.07, 6.45) is -0.897. The Morgan fingerprint density at radius 3 is 2.58 bits per heavy atom. The van der Waals surface area contributed by atoms with E-state index in [0.717, 1.165) is 11.8 Å². The number of nitrogens with two attached hydrogens (primary N) is 1. The summed E-state index contributed by atoms with van der Waals surface area (Å²) in [5.41, 5.74) is 5.99. The third-order valence-corrected chi connectivity index (χ3v) is 5.70. The van der Waals surface area contributed by atoms with Crippen molar-refractivity contribution in [2.75, 3.05) is 25.3 Å². The van der Waals surface area contributed by atoms with Crippen LogP contribution < -0.4 is 36.5 Å². The molecule has 3 amide bonds. The van der Waals surface area contributed by atoms with Gasteiger partial charge in [0, 0.05) is 11.3 Å². The molecule has 0 bridgehead atoms. The molecule has 1 fully saturated rings. The van der Waals surface area contributed by atoms with Crippen molar-refractivity contribution < 1.29 is 28.2 Å². The van der Waals surface area contributed by atoms with Gasteiger partial charge in [-0.1, -0.05) is 6.07 Å². The van der Waals surface area contributed by atoms with E-state index in [1.165, 1.54) is 44.6 Å². The molecule has 12 heteroatoms. The van der Waals surface area contributed by atoms with Gasteiger partial charge in [0.2, 0.25) is 11.8 Å². The zero-order valence-electron chi connectivity index (χ0n) is 17.9. The molecule has 3 rings (SSSR count). The van der Waals surface area contributed by atoms with E-state index < -0.39 is 35.3 Å². The smallest absolute Gasteiger partial charge is 0.252 e. The first kappa shape index (κ1) is 24.3. The molecule has 1 aliphatic rings. The van der Waals surface area contributed by atoms with Crippen molar-refractivity contribution in [1.29, 1.82) is 0 Å². The number of thioether (sulfide) groups is 1. The monoisotopic (exact) mass is 477 g/mol. The van der Waals surface area contributed by atoms with E-state index in [1.807, 2.05) is 0 Å². The van der Waals surface area contributed by atoms with Crippen LogP contribution in [0.25, 0.3) is 0 Å². The predicted octanol–water partition coefficient (Wildman–Crippen LogP) is 0.601. The van der Waals surface area contributed by atoms with Crippen molar-refractivity contribution in [3.63, 3.8) is 0 Å². The third kappa shape index (κ3) is 6.34. The van der Waals surface area contributed by atoms with Gasteiger partial charge in [0.25, 0.3) is 5.91 Å². The highest BCUT2D eigenvalue weighted by molar-refractivity contribution is 8.00. The van der Waals surface area contributed by atoms with E-state index >= 15 is 0 Å². The minimum atomic E-state index is -1.04. The highest BCUT2D eigenvalue weighted by atomic mass is 32.2. The number of hydrogen-bond acceptors (Lipinski definition) is 8. The first-order valence-electron chi connectivity index (χ1n) is 9.82. The fourth-order valence-corrected chi connectivity index (χ4v) is 3.91. The van der Waals surface area contributed by atoms with Crippen LogP contribution in [0.4, 0.5) is 10.1 Å². The number of methoxy groups -OCH3 is 2. The van der Waals surface area contributed by atoms with Crippen molar-refractivity contribution >= 4 is 35.2 Å². The van der Waals surface area contributed by atoms with Crippen LogP contribution >= 0.6 is 11.8 Å². The molecular formula is C21H24FN5O5S. The summed E-state index contributed by atoms with van der Waals surface area (Å²) < 4.78 is 23.6. The predicted molar refractivity (Wildman–Crippen MR) is 121 cm³/mol. The number of carbonyl (C=O) groups is 3. The zero-order valence-corrected chi connectivity index (χ0v) is 18.7. The van der Waals surface area contributed by atoms with Gasteiger partial charge in [-0.25, -0.2) is 4.39 Å². The van der Waals surface area contributed by atoms with Crippen molar-refractivity contribution in [3.8, 4) is 11.5 Å². The highest BCUT2D eigenvalue weighted by Crippen LogP contribution is 2.27. The summed E-state index contributed by atoms with van der Waals surface area (Å²) in [6, 6.07) is 9.08. The first-order chi connectivity index (χ1) is 15.8. The molecule has 176 valence electrons. The van der Waals surface area contributed by atoms with Gasteiger partial charge in [-0.2, -0.15) is 0 Å². The van der Waals surface area contributed by atoms with Crippen LogP contribution in [-0.2, 0) is 9.59 Å². The highest BCUT2D eigenvalue weighted by Gasteiger charge is 2.35. The lowest BCUT2D eigenvalue weighted by molar-refractivity contribution is -0.125. The maximum Gasteiger partial charge on any atom is 0.252 e. The van der Waals surface area contributed by atoms with E-state index in [0.29, 0.717) is 17.2 Å². The number of carbonyl (C=O) groups excluding carboxylic acids is 3. The molecule has 0 saturated carbocycles. The molecule has 1 saturated heterocycles. The lowest BCUT2D eigenvalue weighted by Crippen LogP contribution is -2.70. The summed E-state index contributed by atoms with van der Waals surface area (Å²) in [5.74, 6) is -1.05. The Hall–Kier alpha value is -3.35. The fraction of sp³-hybridized carbons (Fsp3) is 0.286. The molecule has 2 aromatic carbocycles. The Kier molecular flexibility index (Phi) is 8.09. The summed E-state index contributed by atoms with van der Waals surface area (Å²) in [6.45, 7) is 0. The van der Waals surface area contributed by atoms with Crippen LogP contribution in [0.5, 0.6) is 11.5 Å². The normalized spacial score (nSPS) is 19.9. The molecule has 0 aliphatic carbocycles. The van der Waals surface area contributed by atoms with Crippen molar-refractivity contribution in [1.82, 2.24) is 16.0 Å². The first-order valence-corrected chi connectivity index (χ1v) is 10.9. The lowest BCUT2D eigenvalue weighted by atomic mass is 10.1. The number of rotatable bonds is 8. The van der Waals surface area contributed by atoms with E-state index in [2.05, 4.69) is 21.3 Å². The third-order valence-electron chi connectivity index (χ3n) is 4.68. The maximum absolute atomic E-state index is 13.2. The average Bonchev–Trinajstić information content (AvgIpc) is 2.79. The van der Waals surface area contributed by atoms with Crippen molar-refractivity contribution in [2.45, 2.75) is 17.7 Å². The summed E-state index contributed by atoms with van der Waals surface area (Å²) in [5, 5.41) is 10.7.